The molecule has 0 saturated heterocycles. The van der Waals surface area contributed by atoms with E-state index in [0.29, 0.717) is 22.9 Å². The lowest BCUT2D eigenvalue weighted by atomic mass is 10.1. The van der Waals surface area contributed by atoms with Crippen molar-refractivity contribution in [2.75, 3.05) is 11.1 Å². The lowest BCUT2D eigenvalue weighted by molar-refractivity contribution is -0.138. The summed E-state index contributed by atoms with van der Waals surface area (Å²) in [5, 5.41) is 16.6. The zero-order chi connectivity index (χ0) is 22.9. The van der Waals surface area contributed by atoms with E-state index in [2.05, 4.69) is 10.3 Å². The molecule has 7 nitrogen and oxygen atoms in total. The number of nitrogens with two attached hydrogens (primary N) is 1. The average Bonchev–Trinajstić information content (AvgIpc) is 2.61. The third-order valence-corrected chi connectivity index (χ3v) is 5.98. The van der Waals surface area contributed by atoms with Crippen LogP contribution in [0.15, 0.2) is 28.1 Å². The topological polar surface area (TPSA) is 126 Å². The Morgan fingerprint density at radius 2 is 1.90 bits per heavy atom. The number of primary sulfonamides is 1. The Balaban J connectivity index is 2.27. The minimum absolute atomic E-state index is 0.0524. The number of amides is 1. The van der Waals surface area contributed by atoms with Crippen LogP contribution >= 0.6 is 11.8 Å². The van der Waals surface area contributed by atoms with Crippen LogP contribution in [0.1, 0.15) is 27.9 Å². The van der Waals surface area contributed by atoms with Crippen LogP contribution in [-0.4, -0.2) is 25.1 Å². The fourth-order valence-corrected chi connectivity index (χ4v) is 3.99. The number of alkyl halides is 3. The summed E-state index contributed by atoms with van der Waals surface area (Å²) in [6.45, 7) is 4.66. The highest BCUT2D eigenvalue weighted by Gasteiger charge is 2.35. The van der Waals surface area contributed by atoms with E-state index in [1.165, 1.54) is 25.1 Å². The Hall–Kier alpha value is -2.62. The SMILES string of the molecule is Cc1cc(C(F)(F)F)c(C#N)c(SCC(=O)Nc2cc(S(N)(=O)=O)cc(C)c2C)n1. The number of nitrogens with zero attached hydrogens (tertiary/aromatic N) is 2. The maximum Gasteiger partial charge on any atom is 0.417 e. The smallest absolute Gasteiger partial charge is 0.325 e. The van der Waals surface area contributed by atoms with E-state index in [4.69, 9.17) is 10.4 Å². The number of halogens is 3. The van der Waals surface area contributed by atoms with E-state index in [-0.39, 0.29) is 27.1 Å². The summed E-state index contributed by atoms with van der Waals surface area (Å²) in [6.07, 6.45) is -4.74. The molecule has 0 fully saturated rings. The number of nitriles is 1. The van der Waals surface area contributed by atoms with Gasteiger partial charge in [0.05, 0.1) is 21.8 Å². The molecular weight excluding hydrogens is 441 g/mol. The maximum absolute atomic E-state index is 13.2. The standard InChI is InChI=1S/C18H17F3N4O3S2/c1-9-4-12(30(23,27)28)6-15(11(9)3)25-16(26)8-29-17-13(7-22)14(18(19,20)21)5-10(2)24-17/h4-6H,8H2,1-3H3,(H,25,26)(H2,23,27,28). The zero-order valence-electron chi connectivity index (χ0n) is 16.1. The van der Waals surface area contributed by atoms with Gasteiger partial charge in [0.15, 0.2) is 0 Å². The van der Waals surface area contributed by atoms with Gasteiger partial charge >= 0.3 is 6.18 Å². The molecule has 0 aliphatic rings. The molecule has 0 bridgehead atoms. The van der Waals surface area contributed by atoms with Gasteiger partial charge in [0.2, 0.25) is 15.9 Å². The first-order valence-electron chi connectivity index (χ1n) is 8.29. The van der Waals surface area contributed by atoms with Gasteiger partial charge in [0, 0.05) is 11.4 Å². The van der Waals surface area contributed by atoms with Crippen molar-refractivity contribution in [2.45, 2.75) is 36.9 Å². The molecular formula is C18H17F3N4O3S2. The number of carbonyl (C=O) groups excluding carboxylic acids is 1. The van der Waals surface area contributed by atoms with Gasteiger partial charge in [-0.3, -0.25) is 4.79 Å². The van der Waals surface area contributed by atoms with E-state index >= 15 is 0 Å². The first-order valence-corrected chi connectivity index (χ1v) is 10.8. The van der Waals surface area contributed by atoms with Crippen LogP contribution in [0.2, 0.25) is 0 Å². The number of nitrogens with one attached hydrogen (secondary N) is 1. The summed E-state index contributed by atoms with van der Waals surface area (Å²) in [7, 11) is -4.00. The fourth-order valence-electron chi connectivity index (χ4n) is 2.52. The second-order valence-corrected chi connectivity index (χ2v) is 8.92. The maximum atomic E-state index is 13.2. The normalized spacial score (nSPS) is 11.8. The number of anilines is 1. The molecule has 0 saturated carbocycles. The molecule has 1 heterocycles. The Bertz CT molecular complexity index is 1160. The molecule has 1 amide bonds. The molecule has 1 aromatic heterocycles. The largest absolute Gasteiger partial charge is 0.417 e. The number of rotatable bonds is 5. The van der Waals surface area contributed by atoms with Gasteiger partial charge in [-0.15, -0.1) is 0 Å². The molecule has 2 aromatic rings. The molecule has 1 aromatic carbocycles. The number of hydrogen-bond acceptors (Lipinski definition) is 6. The third-order valence-electron chi connectivity index (χ3n) is 4.12. The van der Waals surface area contributed by atoms with Crippen molar-refractivity contribution in [1.82, 2.24) is 4.98 Å². The molecule has 0 atom stereocenters. The first-order chi connectivity index (χ1) is 13.7. The molecule has 0 aliphatic heterocycles. The number of carbonyl (C=O) groups is 1. The quantitative estimate of drug-likeness (QED) is 0.663. The van der Waals surface area contributed by atoms with Crippen LogP contribution in [0, 0.1) is 32.1 Å². The fraction of sp³-hybridized carbons (Fsp3) is 0.278. The number of hydrogen-bond donors (Lipinski definition) is 2. The van der Waals surface area contributed by atoms with Gasteiger partial charge in [-0.1, -0.05) is 11.8 Å². The molecule has 0 unspecified atom stereocenters. The summed E-state index contributed by atoms with van der Waals surface area (Å²) >= 11 is 0.675. The molecule has 160 valence electrons. The monoisotopic (exact) mass is 458 g/mol. The van der Waals surface area contributed by atoms with Gasteiger partial charge in [-0.05, 0) is 50.1 Å². The number of sulfonamides is 1. The van der Waals surface area contributed by atoms with Crippen LogP contribution in [0.5, 0.6) is 0 Å². The predicted molar refractivity (Wildman–Crippen MR) is 105 cm³/mol. The average molecular weight is 458 g/mol. The van der Waals surface area contributed by atoms with Gasteiger partial charge in [-0.25, -0.2) is 18.5 Å². The van der Waals surface area contributed by atoms with Crippen molar-refractivity contribution >= 4 is 33.4 Å². The summed E-state index contributed by atoms with van der Waals surface area (Å²) in [4.78, 5) is 16.1. The van der Waals surface area contributed by atoms with Crippen molar-refractivity contribution in [1.29, 1.82) is 5.26 Å². The van der Waals surface area contributed by atoms with Crippen LogP contribution in [0.4, 0.5) is 18.9 Å². The second kappa shape index (κ2) is 8.63. The number of thioether (sulfide) groups is 1. The lowest BCUT2D eigenvalue weighted by Crippen LogP contribution is -2.18. The Morgan fingerprint density at radius 1 is 1.27 bits per heavy atom. The molecule has 0 spiro atoms. The Morgan fingerprint density at radius 3 is 2.43 bits per heavy atom. The highest BCUT2D eigenvalue weighted by molar-refractivity contribution is 8.00. The van der Waals surface area contributed by atoms with Crippen molar-refractivity contribution in [3.8, 4) is 6.07 Å². The summed E-state index contributed by atoms with van der Waals surface area (Å²) in [5.74, 6) is -0.963. The molecule has 2 rings (SSSR count). The van der Waals surface area contributed by atoms with E-state index < -0.39 is 33.2 Å². The van der Waals surface area contributed by atoms with Crippen LogP contribution < -0.4 is 10.5 Å². The lowest BCUT2D eigenvalue weighted by Gasteiger charge is -2.14. The van der Waals surface area contributed by atoms with E-state index in [0.717, 1.165) is 6.07 Å². The van der Waals surface area contributed by atoms with Crippen molar-refractivity contribution in [3.05, 3.63) is 46.1 Å². The van der Waals surface area contributed by atoms with Gasteiger partial charge < -0.3 is 5.32 Å². The molecule has 30 heavy (non-hydrogen) atoms. The second-order valence-electron chi connectivity index (χ2n) is 6.40. The number of aromatic nitrogens is 1. The van der Waals surface area contributed by atoms with E-state index in [1.54, 1.807) is 13.8 Å². The summed E-state index contributed by atoms with van der Waals surface area (Å²) in [6, 6.07) is 4.83. The van der Waals surface area contributed by atoms with Crippen molar-refractivity contribution < 1.29 is 26.4 Å². The molecule has 0 aliphatic carbocycles. The van der Waals surface area contributed by atoms with E-state index in [1.807, 2.05) is 0 Å². The first kappa shape index (κ1) is 23.7. The summed E-state index contributed by atoms with van der Waals surface area (Å²) in [5.41, 5.74) is -0.338. The Kier molecular flexibility index (Phi) is 6.80. The van der Waals surface area contributed by atoms with Crippen molar-refractivity contribution in [3.63, 3.8) is 0 Å². The molecule has 12 heteroatoms. The van der Waals surface area contributed by atoms with E-state index in [9.17, 15) is 26.4 Å². The highest BCUT2D eigenvalue weighted by Crippen LogP contribution is 2.36. The van der Waals surface area contributed by atoms with Crippen LogP contribution in [0.25, 0.3) is 0 Å². The zero-order valence-corrected chi connectivity index (χ0v) is 17.7. The number of aryl methyl sites for hydroxylation is 2. The van der Waals surface area contributed by atoms with Gasteiger partial charge in [0.25, 0.3) is 0 Å². The number of pyridine rings is 1. The number of benzene rings is 1. The third kappa shape index (κ3) is 5.50. The predicted octanol–water partition coefficient (Wildman–Crippen LogP) is 3.28. The molecule has 3 N–H and O–H groups in total. The van der Waals surface area contributed by atoms with Crippen molar-refractivity contribution in [2.24, 2.45) is 5.14 Å². The van der Waals surface area contributed by atoms with Crippen LogP contribution in [0.3, 0.4) is 0 Å². The highest BCUT2D eigenvalue weighted by atomic mass is 32.2. The van der Waals surface area contributed by atoms with Crippen LogP contribution in [-0.2, 0) is 21.0 Å². The van der Waals surface area contributed by atoms with Gasteiger partial charge in [0.1, 0.15) is 11.1 Å². The molecule has 0 radical (unpaired) electrons. The minimum Gasteiger partial charge on any atom is -0.325 e. The minimum atomic E-state index is -4.74. The van der Waals surface area contributed by atoms with Gasteiger partial charge in [-0.2, -0.15) is 18.4 Å². The summed E-state index contributed by atoms with van der Waals surface area (Å²) < 4.78 is 62.7. The Labute approximate surface area is 175 Å².